The van der Waals surface area contributed by atoms with Crippen LogP contribution in [0.3, 0.4) is 0 Å². The number of rotatable bonds is 3. The van der Waals surface area contributed by atoms with E-state index in [-0.39, 0.29) is 5.82 Å². The SMILES string of the molecule is Fc1ccc(COC2CCCCC2)cc1. The summed E-state index contributed by atoms with van der Waals surface area (Å²) in [5, 5.41) is 0. The molecule has 0 radical (unpaired) electrons. The second-order valence-corrected chi connectivity index (χ2v) is 4.20. The molecular formula is C13H17FO. The lowest BCUT2D eigenvalue weighted by Crippen LogP contribution is -2.16. The maximum absolute atomic E-state index is 12.6. The van der Waals surface area contributed by atoms with Crippen molar-refractivity contribution in [1.82, 2.24) is 0 Å². The van der Waals surface area contributed by atoms with Crippen molar-refractivity contribution in [3.8, 4) is 0 Å². The van der Waals surface area contributed by atoms with Gasteiger partial charge in [0.15, 0.2) is 0 Å². The van der Waals surface area contributed by atoms with E-state index in [0.717, 1.165) is 5.56 Å². The third kappa shape index (κ3) is 3.31. The van der Waals surface area contributed by atoms with Crippen molar-refractivity contribution >= 4 is 0 Å². The molecular weight excluding hydrogens is 191 g/mol. The molecule has 0 N–H and O–H groups in total. The summed E-state index contributed by atoms with van der Waals surface area (Å²) in [6, 6.07) is 6.55. The zero-order valence-corrected chi connectivity index (χ0v) is 8.92. The molecule has 1 fully saturated rings. The van der Waals surface area contributed by atoms with Gasteiger partial charge in [0.05, 0.1) is 12.7 Å². The molecule has 0 aliphatic heterocycles. The molecule has 1 aliphatic carbocycles. The van der Waals surface area contributed by atoms with E-state index in [2.05, 4.69) is 0 Å². The van der Waals surface area contributed by atoms with Gasteiger partial charge in [-0.25, -0.2) is 4.39 Å². The maximum Gasteiger partial charge on any atom is 0.123 e. The minimum atomic E-state index is -0.184. The molecule has 0 spiro atoms. The summed E-state index contributed by atoms with van der Waals surface area (Å²) in [6.45, 7) is 0.616. The lowest BCUT2D eigenvalue weighted by molar-refractivity contribution is 0.0168. The lowest BCUT2D eigenvalue weighted by Gasteiger charge is -2.21. The first-order valence-corrected chi connectivity index (χ1v) is 5.70. The van der Waals surface area contributed by atoms with Crippen LogP contribution in [0.2, 0.25) is 0 Å². The Morgan fingerprint density at radius 3 is 2.40 bits per heavy atom. The van der Waals surface area contributed by atoms with Crippen molar-refractivity contribution in [3.05, 3.63) is 35.6 Å². The molecule has 2 rings (SSSR count). The van der Waals surface area contributed by atoms with Crippen LogP contribution in [0.15, 0.2) is 24.3 Å². The zero-order chi connectivity index (χ0) is 10.5. The summed E-state index contributed by atoms with van der Waals surface area (Å²) in [4.78, 5) is 0. The summed E-state index contributed by atoms with van der Waals surface area (Å²) in [7, 11) is 0. The minimum absolute atomic E-state index is 0.184. The molecule has 0 aromatic heterocycles. The van der Waals surface area contributed by atoms with Gasteiger partial charge in [-0.1, -0.05) is 31.4 Å². The Balaban J connectivity index is 1.79. The molecule has 0 unspecified atom stereocenters. The second-order valence-electron chi connectivity index (χ2n) is 4.20. The summed E-state index contributed by atoms with van der Waals surface area (Å²) < 4.78 is 18.4. The third-order valence-corrected chi connectivity index (χ3v) is 2.95. The van der Waals surface area contributed by atoms with E-state index in [0.29, 0.717) is 12.7 Å². The van der Waals surface area contributed by atoms with Crippen LogP contribution in [0, 0.1) is 5.82 Å². The molecule has 0 atom stereocenters. The van der Waals surface area contributed by atoms with Crippen molar-refractivity contribution in [2.75, 3.05) is 0 Å². The van der Waals surface area contributed by atoms with Crippen molar-refractivity contribution in [2.24, 2.45) is 0 Å². The van der Waals surface area contributed by atoms with Gasteiger partial charge in [-0.05, 0) is 30.5 Å². The van der Waals surface area contributed by atoms with E-state index in [1.165, 1.54) is 44.2 Å². The van der Waals surface area contributed by atoms with E-state index < -0.39 is 0 Å². The molecule has 0 amide bonds. The normalized spacial score (nSPS) is 17.9. The number of halogens is 1. The Bertz CT molecular complexity index is 288. The van der Waals surface area contributed by atoms with Gasteiger partial charge in [0.25, 0.3) is 0 Å². The van der Waals surface area contributed by atoms with E-state index in [9.17, 15) is 4.39 Å². The molecule has 0 bridgehead atoms. The molecule has 0 saturated heterocycles. The molecule has 2 heteroatoms. The summed E-state index contributed by atoms with van der Waals surface area (Å²) in [5.74, 6) is -0.184. The van der Waals surface area contributed by atoms with E-state index in [1.807, 2.05) is 0 Å². The molecule has 0 heterocycles. The van der Waals surface area contributed by atoms with Gasteiger partial charge >= 0.3 is 0 Å². The van der Waals surface area contributed by atoms with Crippen LogP contribution >= 0.6 is 0 Å². The highest BCUT2D eigenvalue weighted by Crippen LogP contribution is 2.21. The Hall–Kier alpha value is -0.890. The third-order valence-electron chi connectivity index (χ3n) is 2.95. The van der Waals surface area contributed by atoms with Gasteiger partial charge in [-0.2, -0.15) is 0 Å². The molecule has 1 nitrogen and oxygen atoms in total. The molecule has 1 aromatic carbocycles. The van der Waals surface area contributed by atoms with Gasteiger partial charge in [0, 0.05) is 0 Å². The highest BCUT2D eigenvalue weighted by molar-refractivity contribution is 5.14. The summed E-state index contributed by atoms with van der Waals surface area (Å²) in [5.41, 5.74) is 1.06. The van der Waals surface area contributed by atoms with Crippen LogP contribution in [0.5, 0.6) is 0 Å². The zero-order valence-electron chi connectivity index (χ0n) is 8.92. The summed E-state index contributed by atoms with van der Waals surface area (Å²) in [6.07, 6.45) is 6.70. The lowest BCUT2D eigenvalue weighted by atomic mass is 9.98. The Morgan fingerprint density at radius 1 is 1.07 bits per heavy atom. The van der Waals surface area contributed by atoms with Crippen LogP contribution in [0.25, 0.3) is 0 Å². The quantitative estimate of drug-likeness (QED) is 0.736. The molecule has 1 aliphatic rings. The molecule has 15 heavy (non-hydrogen) atoms. The van der Waals surface area contributed by atoms with Crippen LogP contribution in [0.1, 0.15) is 37.7 Å². The molecule has 82 valence electrons. The largest absolute Gasteiger partial charge is 0.374 e. The smallest absolute Gasteiger partial charge is 0.123 e. The molecule has 1 aromatic rings. The van der Waals surface area contributed by atoms with Gasteiger partial charge in [0.1, 0.15) is 5.82 Å². The first-order chi connectivity index (χ1) is 7.34. The van der Waals surface area contributed by atoms with Crippen molar-refractivity contribution in [2.45, 2.75) is 44.8 Å². The predicted molar refractivity (Wildman–Crippen MR) is 58.1 cm³/mol. The Morgan fingerprint density at radius 2 is 1.73 bits per heavy atom. The second kappa shape index (κ2) is 5.26. The van der Waals surface area contributed by atoms with Crippen LogP contribution in [0.4, 0.5) is 4.39 Å². The first kappa shape index (κ1) is 10.6. The van der Waals surface area contributed by atoms with Crippen LogP contribution in [-0.2, 0) is 11.3 Å². The fourth-order valence-corrected chi connectivity index (χ4v) is 2.03. The van der Waals surface area contributed by atoms with Crippen molar-refractivity contribution < 1.29 is 9.13 Å². The Kier molecular flexibility index (Phi) is 3.73. The fourth-order valence-electron chi connectivity index (χ4n) is 2.03. The van der Waals surface area contributed by atoms with Gasteiger partial charge in [-0.3, -0.25) is 0 Å². The number of hydrogen-bond acceptors (Lipinski definition) is 1. The van der Waals surface area contributed by atoms with E-state index >= 15 is 0 Å². The highest BCUT2D eigenvalue weighted by Gasteiger charge is 2.13. The monoisotopic (exact) mass is 208 g/mol. The molecule has 1 saturated carbocycles. The average molecular weight is 208 g/mol. The van der Waals surface area contributed by atoms with Gasteiger partial charge < -0.3 is 4.74 Å². The van der Waals surface area contributed by atoms with Gasteiger partial charge in [-0.15, -0.1) is 0 Å². The predicted octanol–water partition coefficient (Wildman–Crippen LogP) is 3.68. The van der Waals surface area contributed by atoms with Crippen molar-refractivity contribution in [1.29, 1.82) is 0 Å². The van der Waals surface area contributed by atoms with E-state index in [4.69, 9.17) is 4.74 Å². The van der Waals surface area contributed by atoms with Gasteiger partial charge in [0.2, 0.25) is 0 Å². The number of benzene rings is 1. The minimum Gasteiger partial charge on any atom is -0.374 e. The first-order valence-electron chi connectivity index (χ1n) is 5.70. The summed E-state index contributed by atoms with van der Waals surface area (Å²) >= 11 is 0. The standard InChI is InChI=1S/C13H17FO/c14-12-8-6-11(7-9-12)10-15-13-4-2-1-3-5-13/h6-9,13H,1-5,10H2. The Labute approximate surface area is 90.3 Å². The highest BCUT2D eigenvalue weighted by atomic mass is 19.1. The fraction of sp³-hybridized carbons (Fsp3) is 0.538. The number of ether oxygens (including phenoxy) is 1. The number of hydrogen-bond donors (Lipinski definition) is 0. The van der Waals surface area contributed by atoms with E-state index in [1.54, 1.807) is 12.1 Å². The van der Waals surface area contributed by atoms with Crippen LogP contribution in [-0.4, -0.2) is 6.10 Å². The topological polar surface area (TPSA) is 9.23 Å². The van der Waals surface area contributed by atoms with Crippen molar-refractivity contribution in [3.63, 3.8) is 0 Å². The maximum atomic E-state index is 12.6. The average Bonchev–Trinajstić information content (AvgIpc) is 2.30. The van der Waals surface area contributed by atoms with Crippen LogP contribution < -0.4 is 0 Å².